The lowest BCUT2D eigenvalue weighted by molar-refractivity contribution is 1.07. The van der Waals surface area contributed by atoms with Gasteiger partial charge in [0.15, 0.2) is 17.5 Å². The van der Waals surface area contributed by atoms with Gasteiger partial charge in [-0.15, -0.1) is 11.3 Å². The van der Waals surface area contributed by atoms with Crippen molar-refractivity contribution in [2.45, 2.75) is 13.1 Å². The van der Waals surface area contributed by atoms with Crippen molar-refractivity contribution in [3.63, 3.8) is 0 Å². The van der Waals surface area contributed by atoms with Gasteiger partial charge in [0, 0.05) is 36.9 Å². The Kier molecular flexibility index (Phi) is 7.49. The van der Waals surface area contributed by atoms with Crippen molar-refractivity contribution in [3.05, 3.63) is 176 Å². The summed E-state index contributed by atoms with van der Waals surface area (Å²) in [6.07, 6.45) is 0. The minimum Gasteiger partial charge on any atom is -0.208 e. The minimum absolute atomic E-state index is 0.659. The van der Waals surface area contributed by atoms with Crippen molar-refractivity contribution in [1.82, 2.24) is 15.0 Å². The van der Waals surface area contributed by atoms with Gasteiger partial charge in [0.1, 0.15) is 8.07 Å². The number of aromatic nitrogens is 3. The number of benzene rings is 8. The van der Waals surface area contributed by atoms with E-state index in [9.17, 15) is 0 Å². The van der Waals surface area contributed by atoms with Crippen LogP contribution in [0.4, 0.5) is 0 Å². The number of hydrogen-bond donors (Lipinski definition) is 0. The van der Waals surface area contributed by atoms with Crippen LogP contribution < -0.4 is 10.4 Å². The molecule has 0 unspecified atom stereocenters. The molecule has 11 rings (SSSR count). The van der Waals surface area contributed by atoms with Crippen LogP contribution in [-0.4, -0.2) is 23.0 Å². The summed E-state index contributed by atoms with van der Waals surface area (Å²) >= 11 is 1.87. The molecule has 264 valence electrons. The predicted octanol–water partition coefficient (Wildman–Crippen LogP) is 12.5. The van der Waals surface area contributed by atoms with Crippen molar-refractivity contribution in [2.75, 3.05) is 0 Å². The normalized spacial score (nSPS) is 13.0. The highest BCUT2D eigenvalue weighted by Crippen LogP contribution is 2.41. The molecule has 5 heteroatoms. The summed E-state index contributed by atoms with van der Waals surface area (Å²) in [4.78, 5) is 15.6. The van der Waals surface area contributed by atoms with Gasteiger partial charge in [0.25, 0.3) is 0 Å². The molecule has 10 aromatic rings. The average Bonchev–Trinajstić information content (AvgIpc) is 3.74. The largest absolute Gasteiger partial charge is 0.208 e. The molecule has 1 aliphatic rings. The third kappa shape index (κ3) is 5.35. The molecule has 8 aromatic carbocycles. The zero-order chi connectivity index (χ0) is 37.4. The van der Waals surface area contributed by atoms with E-state index in [1.165, 1.54) is 69.3 Å². The molecule has 0 atom stereocenters. The Morgan fingerprint density at radius 2 is 0.946 bits per heavy atom. The van der Waals surface area contributed by atoms with Crippen LogP contribution in [0, 0.1) is 0 Å². The van der Waals surface area contributed by atoms with Crippen molar-refractivity contribution in [1.29, 1.82) is 0 Å². The lowest BCUT2D eigenvalue weighted by atomic mass is 9.95. The molecule has 3 heterocycles. The van der Waals surface area contributed by atoms with E-state index in [0.29, 0.717) is 17.5 Å². The van der Waals surface area contributed by atoms with Crippen LogP contribution >= 0.6 is 11.3 Å². The quantitative estimate of drug-likeness (QED) is 0.165. The predicted molar refractivity (Wildman–Crippen MR) is 240 cm³/mol. The molecule has 0 saturated heterocycles. The molecule has 0 fully saturated rings. The van der Waals surface area contributed by atoms with E-state index in [-0.39, 0.29) is 0 Å². The van der Waals surface area contributed by atoms with Crippen molar-refractivity contribution < 1.29 is 0 Å². The first-order chi connectivity index (χ1) is 27.5. The third-order valence-corrected chi connectivity index (χ3v) is 16.2. The lowest BCUT2D eigenvalue weighted by Gasteiger charge is -2.23. The molecule has 2 aromatic heterocycles. The second-order valence-electron chi connectivity index (χ2n) is 15.2. The van der Waals surface area contributed by atoms with E-state index in [1.807, 2.05) is 29.5 Å². The van der Waals surface area contributed by atoms with Gasteiger partial charge in [-0.3, -0.25) is 0 Å². The van der Waals surface area contributed by atoms with E-state index >= 15 is 0 Å². The summed E-state index contributed by atoms with van der Waals surface area (Å²) in [6, 6.07) is 63.5. The third-order valence-electron chi connectivity index (χ3n) is 11.5. The van der Waals surface area contributed by atoms with Crippen LogP contribution in [0.1, 0.15) is 0 Å². The molecular formula is C51H35N3SSi. The Bertz CT molecular complexity index is 3170. The lowest BCUT2D eigenvalue weighted by Crippen LogP contribution is -2.50. The van der Waals surface area contributed by atoms with Gasteiger partial charge >= 0.3 is 0 Å². The Morgan fingerprint density at radius 3 is 1.73 bits per heavy atom. The Labute approximate surface area is 330 Å². The Balaban J connectivity index is 1.12. The van der Waals surface area contributed by atoms with E-state index in [2.05, 4.69) is 171 Å². The van der Waals surface area contributed by atoms with Gasteiger partial charge in [-0.05, 0) is 90.9 Å². The zero-order valence-electron chi connectivity index (χ0n) is 31.0. The summed E-state index contributed by atoms with van der Waals surface area (Å²) in [6.45, 7) is 4.99. The van der Waals surface area contributed by atoms with Crippen molar-refractivity contribution in [2.24, 2.45) is 0 Å². The van der Waals surface area contributed by atoms with Gasteiger partial charge in [-0.25, -0.2) is 15.0 Å². The summed E-state index contributed by atoms with van der Waals surface area (Å²) in [7, 11) is -2.06. The maximum absolute atomic E-state index is 5.29. The maximum atomic E-state index is 5.29. The smallest absolute Gasteiger partial charge is 0.164 e. The van der Waals surface area contributed by atoms with Crippen LogP contribution in [0.5, 0.6) is 0 Å². The van der Waals surface area contributed by atoms with Crippen LogP contribution in [0.15, 0.2) is 176 Å². The van der Waals surface area contributed by atoms with Crippen LogP contribution in [-0.2, 0) is 0 Å². The topological polar surface area (TPSA) is 38.7 Å². The first-order valence-corrected chi connectivity index (χ1v) is 22.9. The fourth-order valence-electron chi connectivity index (χ4n) is 8.72. The molecule has 3 nitrogen and oxygen atoms in total. The van der Waals surface area contributed by atoms with Crippen LogP contribution in [0.2, 0.25) is 13.1 Å². The molecule has 0 N–H and O–H groups in total. The number of hydrogen-bond acceptors (Lipinski definition) is 4. The second-order valence-corrected chi connectivity index (χ2v) is 20.6. The van der Waals surface area contributed by atoms with Gasteiger partial charge in [0.05, 0.1) is 0 Å². The van der Waals surface area contributed by atoms with E-state index in [4.69, 9.17) is 15.0 Å². The first-order valence-electron chi connectivity index (χ1n) is 19.1. The monoisotopic (exact) mass is 749 g/mol. The maximum Gasteiger partial charge on any atom is 0.164 e. The fourth-order valence-corrected chi connectivity index (χ4v) is 13.3. The first kappa shape index (κ1) is 32.9. The average molecular weight is 750 g/mol. The highest BCUT2D eigenvalue weighted by molar-refractivity contribution is 7.25. The van der Waals surface area contributed by atoms with Gasteiger partial charge < -0.3 is 0 Å². The molecule has 0 amide bonds. The van der Waals surface area contributed by atoms with Crippen molar-refractivity contribution in [3.8, 4) is 67.5 Å². The number of nitrogens with zero attached hydrogens (tertiary/aromatic N) is 3. The summed E-state index contributed by atoms with van der Waals surface area (Å²) in [5.41, 5.74) is 10.4. The molecule has 0 radical (unpaired) electrons. The minimum atomic E-state index is -2.06. The van der Waals surface area contributed by atoms with Crippen LogP contribution in [0.25, 0.3) is 98.5 Å². The van der Waals surface area contributed by atoms with E-state index < -0.39 is 8.07 Å². The van der Waals surface area contributed by atoms with Crippen molar-refractivity contribution >= 4 is 60.7 Å². The molecule has 56 heavy (non-hydrogen) atoms. The summed E-state index contributed by atoms with van der Waals surface area (Å²) < 4.78 is 2.62. The highest BCUT2D eigenvalue weighted by atomic mass is 32.1. The molecule has 0 aliphatic carbocycles. The fraction of sp³-hybridized carbons (Fsp3) is 0.0392. The number of thiophene rings is 1. The summed E-state index contributed by atoms with van der Waals surface area (Å²) in [5.74, 6) is 1.99. The second kappa shape index (κ2) is 12.8. The summed E-state index contributed by atoms with van der Waals surface area (Å²) in [5, 5.41) is 7.90. The zero-order valence-corrected chi connectivity index (χ0v) is 32.8. The SMILES string of the molecule is C[Si]1(C)c2ccccc2-c2cc(-c3nc(-c4ccccc4)nc(-c4ccc5cc(-c6ccccc6)ccc5c4)n3)cc(-c3ccc4c(c3)sc3ccccc34)c21. The number of fused-ring (bicyclic) bond motifs is 7. The van der Waals surface area contributed by atoms with Gasteiger partial charge in [0.2, 0.25) is 0 Å². The molecule has 0 bridgehead atoms. The molecule has 0 saturated carbocycles. The van der Waals surface area contributed by atoms with E-state index in [1.54, 1.807) is 0 Å². The van der Waals surface area contributed by atoms with Gasteiger partial charge in [-0.2, -0.15) is 0 Å². The van der Waals surface area contributed by atoms with E-state index in [0.717, 1.165) is 22.1 Å². The highest BCUT2D eigenvalue weighted by Gasteiger charge is 2.40. The Morgan fingerprint density at radius 1 is 0.375 bits per heavy atom. The molecular weight excluding hydrogens is 715 g/mol. The van der Waals surface area contributed by atoms with Crippen LogP contribution in [0.3, 0.4) is 0 Å². The number of rotatable bonds is 5. The van der Waals surface area contributed by atoms with Gasteiger partial charge in [-0.1, -0.05) is 153 Å². The Hall–Kier alpha value is -6.53. The standard InChI is InChI=1S/C51H35N3SSi/c1-56(2)47-20-12-10-18-42(47)44-30-39(29-43(48(44)56)37-25-26-41-40-17-9-11-19-45(40)55-46(41)31-37)51-53-49(33-15-7-4-8-16-33)52-50(54-51)38-24-23-35-27-34(21-22-36(35)28-38)32-13-5-3-6-14-32/h3-31H,1-2H3. The molecule has 1 aliphatic heterocycles. The molecule has 0 spiro atoms.